The number of aromatic nitrogens is 1. The van der Waals surface area contributed by atoms with Crippen molar-refractivity contribution < 1.29 is 13.7 Å². The van der Waals surface area contributed by atoms with Gasteiger partial charge in [0.1, 0.15) is 0 Å². The molecule has 1 aromatic carbocycles. The van der Waals surface area contributed by atoms with Crippen LogP contribution in [0, 0.1) is 5.41 Å². The zero-order chi connectivity index (χ0) is 21.1. The summed E-state index contributed by atoms with van der Waals surface area (Å²) >= 11 is 0. The van der Waals surface area contributed by atoms with Crippen molar-refractivity contribution in [3.05, 3.63) is 47.7 Å². The lowest BCUT2D eigenvalue weighted by molar-refractivity contribution is -0.148. The summed E-state index contributed by atoms with van der Waals surface area (Å²) in [7, 11) is 0.221. The van der Waals surface area contributed by atoms with E-state index in [4.69, 9.17) is 9.72 Å². The Morgan fingerprint density at radius 2 is 1.82 bits per heavy atom. The molecule has 28 heavy (non-hydrogen) atoms. The monoisotopic (exact) mass is 402 g/mol. The van der Waals surface area contributed by atoms with Gasteiger partial charge in [-0.25, -0.2) is 8.93 Å². The maximum absolute atomic E-state index is 12.4. The van der Waals surface area contributed by atoms with Crippen molar-refractivity contribution in [2.45, 2.75) is 52.3 Å². The number of hydrogen-bond acceptors (Lipinski definition) is 4. The highest BCUT2D eigenvalue weighted by atomic mass is 32.2. The van der Waals surface area contributed by atoms with E-state index in [0.717, 1.165) is 22.2 Å². The lowest BCUT2D eigenvalue weighted by Gasteiger charge is -2.21. The first-order valence-electron chi connectivity index (χ1n) is 9.30. The number of hydrogen-bond donors (Lipinski definition) is 1. The summed E-state index contributed by atoms with van der Waals surface area (Å²) in [6.45, 7) is 11.4. The molecule has 0 bridgehead atoms. The molecule has 0 radical (unpaired) electrons. The molecule has 0 saturated carbocycles. The van der Waals surface area contributed by atoms with Crippen LogP contribution in [0.5, 0.6) is 0 Å². The molecule has 6 heteroatoms. The van der Waals surface area contributed by atoms with Gasteiger partial charge in [0, 0.05) is 5.39 Å². The Balaban J connectivity index is 2.28. The molecule has 0 spiro atoms. The summed E-state index contributed by atoms with van der Waals surface area (Å²) in [6.07, 6.45) is 3.74. The van der Waals surface area contributed by atoms with E-state index in [1.54, 1.807) is 0 Å². The molecular formula is C22H30N2O3S. The first-order valence-corrected chi connectivity index (χ1v) is 10.5. The first-order chi connectivity index (χ1) is 12.9. The summed E-state index contributed by atoms with van der Waals surface area (Å²) in [5.74, 6) is -0.281. The number of nitrogens with zero attached hydrogens (tertiary/aromatic N) is 1. The molecule has 5 nitrogen and oxygen atoms in total. The Kier molecular flexibility index (Phi) is 6.78. The number of carbonyl (C=O) groups excluding carboxylic acids is 1. The van der Waals surface area contributed by atoms with Crippen LogP contribution in [0.1, 0.15) is 58.8 Å². The summed E-state index contributed by atoms with van der Waals surface area (Å²) < 4.78 is 20.0. The Morgan fingerprint density at radius 1 is 1.18 bits per heavy atom. The number of nitrogens with one attached hydrogen (secondary N) is 1. The molecule has 1 heterocycles. The number of ether oxygens (including phenoxy) is 1. The van der Waals surface area contributed by atoms with E-state index in [9.17, 15) is 9.00 Å². The molecule has 2 atom stereocenters. The normalized spacial score (nSPS) is 15.0. The van der Waals surface area contributed by atoms with E-state index < -0.39 is 16.4 Å². The fourth-order valence-electron chi connectivity index (χ4n) is 2.53. The molecule has 2 rings (SSSR count). The molecule has 0 aliphatic rings. The van der Waals surface area contributed by atoms with Gasteiger partial charge >= 0.3 is 5.97 Å². The van der Waals surface area contributed by atoms with Gasteiger partial charge in [-0.1, -0.05) is 30.4 Å². The lowest BCUT2D eigenvalue weighted by atomic mass is 9.92. The fourth-order valence-corrected chi connectivity index (χ4v) is 3.32. The van der Waals surface area contributed by atoms with Crippen LogP contribution in [-0.2, 0) is 20.5 Å². The standard InChI is InChI=1S/C22H30N2O3S/c1-15(24-28(26)21(2,3)4)18-11-10-17-9-8-16(14-19(17)23-18)12-13-22(5,6)20(25)27-7/h8-15,24H,1-7H3/t15-,28-/m1/s1. The Labute approximate surface area is 170 Å². The average molecular weight is 403 g/mol. The summed E-state index contributed by atoms with van der Waals surface area (Å²) in [4.78, 5) is 16.6. The number of carbonyl (C=O) groups is 1. The average Bonchev–Trinajstić information content (AvgIpc) is 2.64. The van der Waals surface area contributed by atoms with E-state index in [1.165, 1.54) is 7.11 Å². The number of rotatable bonds is 6. The van der Waals surface area contributed by atoms with Crippen LogP contribution in [0.25, 0.3) is 17.0 Å². The molecule has 0 aliphatic carbocycles. The molecule has 152 valence electrons. The van der Waals surface area contributed by atoms with E-state index in [-0.39, 0.29) is 16.8 Å². The van der Waals surface area contributed by atoms with Gasteiger partial charge in [0.2, 0.25) is 0 Å². The Morgan fingerprint density at radius 3 is 2.43 bits per heavy atom. The van der Waals surface area contributed by atoms with Crippen LogP contribution >= 0.6 is 0 Å². The second kappa shape index (κ2) is 8.53. The van der Waals surface area contributed by atoms with Gasteiger partial charge in [0.25, 0.3) is 0 Å². The third-order valence-electron chi connectivity index (χ3n) is 4.43. The second-order valence-electron chi connectivity index (χ2n) is 8.46. The van der Waals surface area contributed by atoms with E-state index in [0.29, 0.717) is 0 Å². The van der Waals surface area contributed by atoms with Crippen LogP contribution in [0.15, 0.2) is 36.4 Å². The molecular weight excluding hydrogens is 372 g/mol. The predicted octanol–water partition coefficient (Wildman–Crippen LogP) is 4.56. The smallest absolute Gasteiger partial charge is 0.315 e. The highest BCUT2D eigenvalue weighted by Gasteiger charge is 2.25. The van der Waals surface area contributed by atoms with Crippen LogP contribution in [0.3, 0.4) is 0 Å². The van der Waals surface area contributed by atoms with Gasteiger partial charge in [-0.05, 0) is 59.2 Å². The first kappa shape index (κ1) is 22.2. The predicted molar refractivity (Wildman–Crippen MR) is 116 cm³/mol. The van der Waals surface area contributed by atoms with Crippen molar-refractivity contribution in [1.82, 2.24) is 9.71 Å². The largest absolute Gasteiger partial charge is 0.468 e. The minimum Gasteiger partial charge on any atom is -0.468 e. The number of pyridine rings is 1. The van der Waals surface area contributed by atoms with Gasteiger partial charge in [-0.2, -0.15) is 0 Å². The van der Waals surface area contributed by atoms with Crippen LogP contribution in [-0.4, -0.2) is 27.0 Å². The molecule has 1 aromatic heterocycles. The van der Waals surface area contributed by atoms with E-state index >= 15 is 0 Å². The third-order valence-corrected chi connectivity index (χ3v) is 6.11. The zero-order valence-corrected chi connectivity index (χ0v) is 18.5. The molecule has 0 saturated heterocycles. The molecule has 0 aliphatic heterocycles. The van der Waals surface area contributed by atoms with Gasteiger partial charge in [-0.15, -0.1) is 0 Å². The molecule has 2 aromatic rings. The molecule has 1 N–H and O–H groups in total. The van der Waals surface area contributed by atoms with Crippen LogP contribution in [0.4, 0.5) is 0 Å². The summed E-state index contributed by atoms with van der Waals surface area (Å²) in [6, 6.07) is 9.81. The lowest BCUT2D eigenvalue weighted by Crippen LogP contribution is -2.35. The SMILES string of the molecule is COC(=O)C(C)(C)C=Cc1ccc2ccc([C@@H](C)N[S@](=O)C(C)(C)C)nc2c1. The van der Waals surface area contributed by atoms with E-state index in [1.807, 2.05) is 84.0 Å². The number of benzene rings is 1. The van der Waals surface area contributed by atoms with Gasteiger partial charge in [-0.3, -0.25) is 9.78 Å². The van der Waals surface area contributed by atoms with Crippen molar-refractivity contribution in [1.29, 1.82) is 0 Å². The summed E-state index contributed by atoms with van der Waals surface area (Å²) in [5.41, 5.74) is 1.94. The topological polar surface area (TPSA) is 68.3 Å². The third kappa shape index (κ3) is 5.49. The van der Waals surface area contributed by atoms with Crippen molar-refractivity contribution >= 4 is 33.9 Å². The van der Waals surface area contributed by atoms with Gasteiger partial charge in [0.15, 0.2) is 0 Å². The molecule has 0 amide bonds. The number of fused-ring (bicyclic) bond motifs is 1. The van der Waals surface area contributed by atoms with Crippen LogP contribution in [0.2, 0.25) is 0 Å². The molecule has 0 unspecified atom stereocenters. The summed E-state index contributed by atoms with van der Waals surface area (Å²) in [5, 5.41) is 1.03. The number of esters is 1. The Bertz CT molecular complexity index is 914. The minimum atomic E-state index is -1.17. The highest BCUT2D eigenvalue weighted by Crippen LogP contribution is 2.23. The minimum absolute atomic E-state index is 0.137. The number of methoxy groups -OCH3 is 1. The van der Waals surface area contributed by atoms with Crippen molar-refractivity contribution in [2.75, 3.05) is 7.11 Å². The highest BCUT2D eigenvalue weighted by molar-refractivity contribution is 7.84. The van der Waals surface area contributed by atoms with Crippen molar-refractivity contribution in [3.8, 4) is 0 Å². The van der Waals surface area contributed by atoms with Crippen molar-refractivity contribution in [2.24, 2.45) is 5.41 Å². The maximum Gasteiger partial charge on any atom is 0.315 e. The van der Waals surface area contributed by atoms with Gasteiger partial charge in [0.05, 0.1) is 45.5 Å². The van der Waals surface area contributed by atoms with Crippen LogP contribution < -0.4 is 4.72 Å². The maximum atomic E-state index is 12.4. The van der Waals surface area contributed by atoms with Crippen molar-refractivity contribution in [3.63, 3.8) is 0 Å². The molecule has 0 fully saturated rings. The quantitative estimate of drug-likeness (QED) is 0.719. The van der Waals surface area contributed by atoms with Gasteiger partial charge < -0.3 is 4.74 Å². The fraction of sp³-hybridized carbons (Fsp3) is 0.455. The second-order valence-corrected chi connectivity index (χ2v) is 10.5. The zero-order valence-electron chi connectivity index (χ0n) is 17.7. The van der Waals surface area contributed by atoms with E-state index in [2.05, 4.69) is 4.72 Å². The Hall–Kier alpha value is -2.05.